The second-order valence-corrected chi connectivity index (χ2v) is 5.81. The molecule has 2 heteroatoms. The van der Waals surface area contributed by atoms with Gasteiger partial charge in [-0.05, 0) is 49.7 Å². The van der Waals surface area contributed by atoms with Gasteiger partial charge in [0.15, 0.2) is 0 Å². The smallest absolute Gasteiger partial charge is 0.0602 e. The first-order chi connectivity index (χ1) is 8.24. The SMILES string of the molecule is Cc1cccc(N2CC3CCCC(C3)C2)c1N. The van der Waals surface area contributed by atoms with Crippen LogP contribution in [-0.2, 0) is 0 Å². The van der Waals surface area contributed by atoms with Crippen molar-refractivity contribution in [2.75, 3.05) is 23.7 Å². The number of aryl methyl sites for hydroxylation is 1. The minimum absolute atomic E-state index is 0.905. The summed E-state index contributed by atoms with van der Waals surface area (Å²) in [5.41, 5.74) is 9.67. The molecule has 2 N–H and O–H groups in total. The van der Waals surface area contributed by atoms with Crippen molar-refractivity contribution in [3.63, 3.8) is 0 Å². The molecule has 2 atom stereocenters. The van der Waals surface area contributed by atoms with Crippen molar-refractivity contribution in [2.45, 2.75) is 32.6 Å². The molecule has 2 unspecified atom stereocenters. The summed E-state index contributed by atoms with van der Waals surface area (Å²) in [5.74, 6) is 1.81. The van der Waals surface area contributed by atoms with E-state index in [2.05, 4.69) is 30.0 Å². The molecular weight excluding hydrogens is 208 g/mol. The molecule has 2 aliphatic rings. The number of fused-ring (bicyclic) bond motifs is 2. The highest BCUT2D eigenvalue weighted by atomic mass is 15.2. The molecule has 0 amide bonds. The summed E-state index contributed by atoms with van der Waals surface area (Å²) in [7, 11) is 0. The van der Waals surface area contributed by atoms with Gasteiger partial charge < -0.3 is 10.6 Å². The molecule has 2 bridgehead atoms. The lowest BCUT2D eigenvalue weighted by molar-refractivity contribution is 0.231. The molecule has 17 heavy (non-hydrogen) atoms. The van der Waals surface area contributed by atoms with E-state index >= 15 is 0 Å². The summed E-state index contributed by atoms with van der Waals surface area (Å²) in [4.78, 5) is 2.53. The van der Waals surface area contributed by atoms with E-state index in [1.165, 1.54) is 50.0 Å². The zero-order valence-corrected chi connectivity index (χ0v) is 10.7. The predicted molar refractivity (Wildman–Crippen MR) is 73.3 cm³/mol. The zero-order valence-electron chi connectivity index (χ0n) is 10.7. The molecule has 1 saturated heterocycles. The average Bonchev–Trinajstić information content (AvgIpc) is 2.32. The summed E-state index contributed by atoms with van der Waals surface area (Å²) < 4.78 is 0. The number of hydrogen-bond donors (Lipinski definition) is 1. The van der Waals surface area contributed by atoms with Gasteiger partial charge in [-0.3, -0.25) is 0 Å². The quantitative estimate of drug-likeness (QED) is 0.751. The van der Waals surface area contributed by atoms with Crippen LogP contribution < -0.4 is 10.6 Å². The molecule has 1 aromatic rings. The number of nitrogen functional groups attached to an aromatic ring is 1. The number of para-hydroxylation sites is 1. The van der Waals surface area contributed by atoms with Gasteiger partial charge in [-0.25, -0.2) is 0 Å². The first-order valence-corrected chi connectivity index (χ1v) is 6.84. The van der Waals surface area contributed by atoms with E-state index in [-0.39, 0.29) is 0 Å². The molecule has 2 nitrogen and oxygen atoms in total. The summed E-state index contributed by atoms with van der Waals surface area (Å²) in [6.07, 6.45) is 5.71. The number of nitrogens with zero attached hydrogens (tertiary/aromatic N) is 1. The van der Waals surface area contributed by atoms with Gasteiger partial charge >= 0.3 is 0 Å². The first-order valence-electron chi connectivity index (χ1n) is 6.84. The average molecular weight is 230 g/mol. The number of piperidine rings is 1. The predicted octanol–water partition coefficient (Wildman–Crippen LogP) is 3.20. The minimum Gasteiger partial charge on any atom is -0.397 e. The number of nitrogens with two attached hydrogens (primary N) is 1. The third kappa shape index (κ3) is 2.01. The highest BCUT2D eigenvalue weighted by molar-refractivity contribution is 5.71. The topological polar surface area (TPSA) is 29.3 Å². The fraction of sp³-hybridized carbons (Fsp3) is 0.600. The molecule has 0 radical (unpaired) electrons. The summed E-state index contributed by atoms with van der Waals surface area (Å²) in [5, 5.41) is 0. The highest BCUT2D eigenvalue weighted by Gasteiger charge is 2.31. The Balaban J connectivity index is 1.86. The molecule has 92 valence electrons. The van der Waals surface area contributed by atoms with Gasteiger partial charge in [0.2, 0.25) is 0 Å². The lowest BCUT2D eigenvalue weighted by atomic mass is 9.78. The van der Waals surface area contributed by atoms with Crippen LogP contribution in [0.4, 0.5) is 11.4 Å². The van der Waals surface area contributed by atoms with Gasteiger partial charge in [0, 0.05) is 13.1 Å². The maximum atomic E-state index is 6.22. The standard InChI is InChI=1S/C15H22N2/c1-11-4-2-7-14(15(11)16)17-9-12-5-3-6-13(8-12)10-17/h2,4,7,12-13H,3,5-6,8-10,16H2,1H3. The minimum atomic E-state index is 0.905. The second kappa shape index (κ2) is 4.25. The van der Waals surface area contributed by atoms with Crippen molar-refractivity contribution in [1.82, 2.24) is 0 Å². The van der Waals surface area contributed by atoms with E-state index in [1.54, 1.807) is 0 Å². The van der Waals surface area contributed by atoms with Crippen molar-refractivity contribution in [3.8, 4) is 0 Å². The Kier molecular flexibility index (Phi) is 2.73. The fourth-order valence-corrected chi connectivity index (χ4v) is 3.57. The lowest BCUT2D eigenvalue weighted by Gasteiger charge is -2.43. The molecule has 0 aromatic heterocycles. The molecule has 1 aromatic carbocycles. The summed E-state index contributed by atoms with van der Waals surface area (Å²) in [6, 6.07) is 6.42. The Morgan fingerprint density at radius 1 is 1.18 bits per heavy atom. The Labute approximate surface area is 104 Å². The number of anilines is 2. The van der Waals surface area contributed by atoms with E-state index in [0.717, 1.165) is 17.5 Å². The van der Waals surface area contributed by atoms with Crippen LogP contribution in [0.2, 0.25) is 0 Å². The molecule has 2 fully saturated rings. The highest BCUT2D eigenvalue weighted by Crippen LogP contribution is 2.38. The molecule has 0 spiro atoms. The molecule has 1 heterocycles. The number of benzene rings is 1. The van der Waals surface area contributed by atoms with Crippen LogP contribution >= 0.6 is 0 Å². The van der Waals surface area contributed by atoms with Crippen LogP contribution in [-0.4, -0.2) is 13.1 Å². The van der Waals surface area contributed by atoms with Gasteiger partial charge in [0.25, 0.3) is 0 Å². The Morgan fingerprint density at radius 2 is 1.88 bits per heavy atom. The van der Waals surface area contributed by atoms with E-state index in [1.807, 2.05) is 0 Å². The largest absolute Gasteiger partial charge is 0.397 e. The maximum Gasteiger partial charge on any atom is 0.0602 e. The number of rotatable bonds is 1. The Morgan fingerprint density at radius 3 is 2.59 bits per heavy atom. The van der Waals surface area contributed by atoms with Crippen LogP contribution in [0.3, 0.4) is 0 Å². The van der Waals surface area contributed by atoms with Crippen LogP contribution in [0, 0.1) is 18.8 Å². The van der Waals surface area contributed by atoms with Crippen LogP contribution in [0.5, 0.6) is 0 Å². The molecular formula is C15H22N2. The van der Waals surface area contributed by atoms with Crippen molar-refractivity contribution in [3.05, 3.63) is 23.8 Å². The van der Waals surface area contributed by atoms with Crippen LogP contribution in [0.25, 0.3) is 0 Å². The van der Waals surface area contributed by atoms with Gasteiger partial charge in [-0.15, -0.1) is 0 Å². The van der Waals surface area contributed by atoms with Crippen molar-refractivity contribution < 1.29 is 0 Å². The van der Waals surface area contributed by atoms with Gasteiger partial charge in [0.05, 0.1) is 11.4 Å². The molecule has 1 aliphatic heterocycles. The van der Waals surface area contributed by atoms with Gasteiger partial charge in [-0.2, -0.15) is 0 Å². The van der Waals surface area contributed by atoms with E-state index in [0.29, 0.717) is 0 Å². The van der Waals surface area contributed by atoms with Crippen LogP contribution in [0.1, 0.15) is 31.2 Å². The zero-order chi connectivity index (χ0) is 11.8. The Bertz CT molecular complexity index is 401. The molecule has 1 aliphatic carbocycles. The molecule has 1 saturated carbocycles. The van der Waals surface area contributed by atoms with Crippen LogP contribution in [0.15, 0.2) is 18.2 Å². The van der Waals surface area contributed by atoms with Crippen molar-refractivity contribution >= 4 is 11.4 Å². The van der Waals surface area contributed by atoms with E-state index in [4.69, 9.17) is 5.73 Å². The lowest BCUT2D eigenvalue weighted by Crippen LogP contribution is -2.43. The fourth-order valence-electron chi connectivity index (χ4n) is 3.57. The van der Waals surface area contributed by atoms with Crippen molar-refractivity contribution in [2.24, 2.45) is 11.8 Å². The van der Waals surface area contributed by atoms with Crippen molar-refractivity contribution in [1.29, 1.82) is 0 Å². The number of hydrogen-bond acceptors (Lipinski definition) is 2. The molecule has 3 rings (SSSR count). The third-order valence-electron chi connectivity index (χ3n) is 4.49. The van der Waals surface area contributed by atoms with E-state index in [9.17, 15) is 0 Å². The Hall–Kier alpha value is -1.18. The van der Waals surface area contributed by atoms with Gasteiger partial charge in [-0.1, -0.05) is 18.6 Å². The maximum absolute atomic E-state index is 6.22. The first kappa shape index (κ1) is 10.9. The van der Waals surface area contributed by atoms with E-state index < -0.39 is 0 Å². The normalized spacial score (nSPS) is 28.2. The second-order valence-electron chi connectivity index (χ2n) is 5.81. The third-order valence-corrected chi connectivity index (χ3v) is 4.49. The summed E-state index contributed by atoms with van der Waals surface area (Å²) >= 11 is 0. The summed E-state index contributed by atoms with van der Waals surface area (Å²) in [6.45, 7) is 4.53. The monoisotopic (exact) mass is 230 g/mol. The van der Waals surface area contributed by atoms with Gasteiger partial charge in [0.1, 0.15) is 0 Å².